The third-order valence-electron chi connectivity index (χ3n) is 5.98. The van der Waals surface area contributed by atoms with Crippen molar-refractivity contribution >= 4 is 40.2 Å². The van der Waals surface area contributed by atoms with Crippen LogP contribution in [0.25, 0.3) is 0 Å². The number of nitrogens with one attached hydrogen (secondary N) is 1. The molecule has 33 heavy (non-hydrogen) atoms. The number of carboxylic acid groups (broad SMARTS) is 1. The van der Waals surface area contributed by atoms with Gasteiger partial charge in [-0.05, 0) is 38.5 Å². The monoisotopic (exact) mass is 509 g/mol. The van der Waals surface area contributed by atoms with Crippen molar-refractivity contribution in [2.24, 2.45) is 0 Å². The number of carbonyl (C=O) groups excluding carboxylic acids is 1. The summed E-state index contributed by atoms with van der Waals surface area (Å²) in [6.07, 6.45) is 4.24. The number of anilines is 1. The number of nitrogens with zero attached hydrogens (tertiary/aromatic N) is 2. The molecule has 186 valence electrons. The van der Waals surface area contributed by atoms with Gasteiger partial charge in [0.1, 0.15) is 6.61 Å². The topological polar surface area (TPSA) is 91.8 Å². The number of alkyl halides is 3. The number of ether oxygens (including phenoxy) is 1. The van der Waals surface area contributed by atoms with Gasteiger partial charge in [-0.25, -0.2) is 9.78 Å². The van der Waals surface area contributed by atoms with E-state index in [1.807, 2.05) is 4.90 Å². The van der Waals surface area contributed by atoms with Crippen molar-refractivity contribution in [1.82, 2.24) is 9.88 Å². The predicted molar refractivity (Wildman–Crippen MR) is 121 cm³/mol. The fourth-order valence-corrected chi connectivity index (χ4v) is 6.34. The van der Waals surface area contributed by atoms with Gasteiger partial charge in [-0.3, -0.25) is 10.1 Å². The molecular formula is C21H30F3N3O4S2. The number of hydrogen-bond donors (Lipinski definition) is 2. The Morgan fingerprint density at radius 2 is 1.82 bits per heavy atom. The SMILES string of the molecule is O=C(O)CCSc1cnc(NC(=O)N(C2CCCCC2)C2CCC(OCC(F)(F)F)CC2)s1. The minimum atomic E-state index is -4.33. The molecule has 2 fully saturated rings. The van der Waals surface area contributed by atoms with Gasteiger partial charge < -0.3 is 14.7 Å². The molecule has 2 aliphatic rings. The predicted octanol–water partition coefficient (Wildman–Crippen LogP) is 5.77. The molecule has 1 aromatic rings. The molecule has 2 amide bonds. The van der Waals surface area contributed by atoms with E-state index in [-0.39, 0.29) is 24.5 Å². The van der Waals surface area contributed by atoms with Gasteiger partial charge in [-0.15, -0.1) is 11.8 Å². The van der Waals surface area contributed by atoms with E-state index in [2.05, 4.69) is 10.3 Å². The van der Waals surface area contributed by atoms with Crippen molar-refractivity contribution < 1.29 is 32.6 Å². The van der Waals surface area contributed by atoms with Crippen molar-refractivity contribution in [2.75, 3.05) is 17.7 Å². The summed E-state index contributed by atoms with van der Waals surface area (Å²) in [6.45, 7) is -1.23. The number of aromatic nitrogens is 1. The average Bonchev–Trinajstić information content (AvgIpc) is 3.20. The molecule has 2 N–H and O–H groups in total. The van der Waals surface area contributed by atoms with E-state index in [0.717, 1.165) is 36.3 Å². The summed E-state index contributed by atoms with van der Waals surface area (Å²) in [5.74, 6) is -0.430. The summed E-state index contributed by atoms with van der Waals surface area (Å²) < 4.78 is 43.2. The highest BCUT2D eigenvalue weighted by molar-refractivity contribution is 8.01. The molecule has 3 rings (SSSR count). The molecule has 0 aromatic carbocycles. The molecule has 12 heteroatoms. The van der Waals surface area contributed by atoms with E-state index < -0.39 is 24.9 Å². The van der Waals surface area contributed by atoms with Crippen LogP contribution >= 0.6 is 23.1 Å². The maximum absolute atomic E-state index is 13.3. The number of aliphatic carboxylic acids is 1. The summed E-state index contributed by atoms with van der Waals surface area (Å²) in [6, 6.07) is -0.151. The zero-order valence-corrected chi connectivity index (χ0v) is 19.9. The number of hydrogen-bond acceptors (Lipinski definition) is 6. The Labute approximate surface area is 199 Å². The highest BCUT2D eigenvalue weighted by Gasteiger charge is 2.36. The lowest BCUT2D eigenvalue weighted by atomic mass is 9.88. The summed E-state index contributed by atoms with van der Waals surface area (Å²) in [5.41, 5.74) is 0. The summed E-state index contributed by atoms with van der Waals surface area (Å²) in [4.78, 5) is 30.1. The van der Waals surface area contributed by atoms with Crippen molar-refractivity contribution in [3.8, 4) is 0 Å². The second kappa shape index (κ2) is 12.3. The molecular weight excluding hydrogens is 479 g/mol. The third-order valence-corrected chi connectivity index (χ3v) is 8.09. The van der Waals surface area contributed by atoms with Gasteiger partial charge in [0.15, 0.2) is 5.13 Å². The second-order valence-corrected chi connectivity index (χ2v) is 10.9. The van der Waals surface area contributed by atoms with Gasteiger partial charge in [-0.2, -0.15) is 13.2 Å². The van der Waals surface area contributed by atoms with Crippen molar-refractivity contribution in [3.63, 3.8) is 0 Å². The van der Waals surface area contributed by atoms with Crippen LogP contribution in [-0.2, 0) is 9.53 Å². The van der Waals surface area contributed by atoms with Gasteiger partial charge in [-0.1, -0.05) is 30.6 Å². The average molecular weight is 510 g/mol. The maximum atomic E-state index is 13.3. The van der Waals surface area contributed by atoms with Gasteiger partial charge in [0, 0.05) is 17.8 Å². The number of thioether (sulfide) groups is 1. The first-order chi connectivity index (χ1) is 15.7. The molecule has 0 unspecified atom stereocenters. The van der Waals surface area contributed by atoms with E-state index in [0.29, 0.717) is 36.6 Å². The second-order valence-electron chi connectivity index (χ2n) is 8.46. The smallest absolute Gasteiger partial charge is 0.411 e. The molecule has 0 saturated heterocycles. The number of amides is 2. The zero-order chi connectivity index (χ0) is 23.8. The van der Waals surface area contributed by atoms with Crippen molar-refractivity contribution in [2.45, 2.75) is 92.8 Å². The molecule has 0 aliphatic heterocycles. The van der Waals surface area contributed by atoms with E-state index in [1.165, 1.54) is 23.1 Å². The van der Waals surface area contributed by atoms with Crippen LogP contribution in [0.4, 0.5) is 23.1 Å². The Bertz CT molecular complexity index is 779. The molecule has 0 radical (unpaired) electrons. The van der Waals surface area contributed by atoms with Gasteiger partial charge in [0.25, 0.3) is 0 Å². The minimum Gasteiger partial charge on any atom is -0.481 e. The van der Waals surface area contributed by atoms with Gasteiger partial charge in [0.05, 0.1) is 22.9 Å². The van der Waals surface area contributed by atoms with Crippen LogP contribution < -0.4 is 5.32 Å². The van der Waals surface area contributed by atoms with Crippen LogP contribution in [0.5, 0.6) is 0 Å². The lowest BCUT2D eigenvalue weighted by molar-refractivity contribution is -0.188. The van der Waals surface area contributed by atoms with Crippen LogP contribution in [0, 0.1) is 0 Å². The van der Waals surface area contributed by atoms with E-state index in [4.69, 9.17) is 9.84 Å². The molecule has 2 saturated carbocycles. The quantitative estimate of drug-likeness (QED) is 0.411. The first kappa shape index (κ1) is 26.1. The molecule has 1 aromatic heterocycles. The largest absolute Gasteiger partial charge is 0.481 e. The Morgan fingerprint density at radius 3 is 2.45 bits per heavy atom. The van der Waals surface area contributed by atoms with Crippen LogP contribution in [0.2, 0.25) is 0 Å². The summed E-state index contributed by atoms with van der Waals surface area (Å²) in [5, 5.41) is 12.1. The first-order valence-electron chi connectivity index (χ1n) is 11.3. The fraction of sp³-hybridized carbons (Fsp3) is 0.762. The van der Waals surface area contributed by atoms with E-state index >= 15 is 0 Å². The molecule has 1 heterocycles. The highest BCUT2D eigenvalue weighted by Crippen LogP contribution is 2.34. The van der Waals surface area contributed by atoms with E-state index in [1.54, 1.807) is 6.20 Å². The fourth-order valence-electron chi connectivity index (χ4n) is 4.47. The van der Waals surface area contributed by atoms with Crippen LogP contribution in [0.15, 0.2) is 10.4 Å². The zero-order valence-electron chi connectivity index (χ0n) is 18.3. The Morgan fingerprint density at radius 1 is 1.15 bits per heavy atom. The highest BCUT2D eigenvalue weighted by atomic mass is 32.2. The van der Waals surface area contributed by atoms with E-state index in [9.17, 15) is 22.8 Å². The van der Waals surface area contributed by atoms with Gasteiger partial charge >= 0.3 is 18.2 Å². The Balaban J connectivity index is 1.58. The molecule has 0 bridgehead atoms. The number of thiazole rings is 1. The summed E-state index contributed by atoms with van der Waals surface area (Å²) in [7, 11) is 0. The normalized spacial score (nSPS) is 22.2. The molecule has 0 spiro atoms. The number of urea groups is 1. The maximum Gasteiger partial charge on any atom is 0.411 e. The standard InChI is InChI=1S/C21H30F3N3O4S2/c22-21(23,24)13-31-16-8-6-15(7-9-16)27(14-4-2-1-3-5-14)20(30)26-19-25-12-18(33-19)32-11-10-17(28)29/h12,14-16H,1-11,13H2,(H,28,29)(H,25,26,30). The number of carbonyl (C=O) groups is 2. The lowest BCUT2D eigenvalue weighted by Crippen LogP contribution is -2.51. The van der Waals surface area contributed by atoms with Crippen LogP contribution in [0.3, 0.4) is 0 Å². The Hall–Kier alpha value is -1.53. The summed E-state index contributed by atoms with van der Waals surface area (Å²) >= 11 is 2.69. The minimum absolute atomic E-state index is 0.0387. The van der Waals surface area contributed by atoms with Crippen LogP contribution in [0.1, 0.15) is 64.2 Å². The van der Waals surface area contributed by atoms with Gasteiger partial charge in [0.2, 0.25) is 0 Å². The molecule has 2 aliphatic carbocycles. The Kier molecular flexibility index (Phi) is 9.69. The molecule has 0 atom stereocenters. The number of halogens is 3. The third kappa shape index (κ3) is 8.64. The molecule has 7 nitrogen and oxygen atoms in total. The van der Waals surface area contributed by atoms with Crippen molar-refractivity contribution in [1.29, 1.82) is 0 Å². The van der Waals surface area contributed by atoms with Crippen LogP contribution in [-0.4, -0.2) is 63.7 Å². The number of rotatable bonds is 9. The lowest BCUT2D eigenvalue weighted by Gasteiger charge is -2.42. The first-order valence-corrected chi connectivity index (χ1v) is 13.1. The van der Waals surface area contributed by atoms with Crippen molar-refractivity contribution in [3.05, 3.63) is 6.20 Å². The number of carboxylic acids is 1.